The van der Waals surface area contributed by atoms with E-state index in [1.54, 1.807) is 17.0 Å². The van der Waals surface area contributed by atoms with Crippen molar-refractivity contribution in [3.05, 3.63) is 59.9 Å². The minimum Gasteiger partial charge on any atom is -0.452 e. The largest absolute Gasteiger partial charge is 0.452 e. The van der Waals surface area contributed by atoms with Gasteiger partial charge in [0.25, 0.3) is 5.91 Å². The number of likely N-dealkylation sites (tertiary alicyclic amines) is 1. The number of carbonyl (C=O) groups is 2. The number of fused-ring (bicyclic) bond motifs is 1. The molecule has 150 valence electrons. The van der Waals surface area contributed by atoms with Gasteiger partial charge in [-0.2, -0.15) is 0 Å². The molecule has 0 spiro atoms. The molecule has 3 aromatic rings. The Bertz CT molecular complexity index is 1040. The standard InChI is InChI=1S/C23H25N3O3/c1-16-7-6-12-25(14-16)22(27)15-29-23(28)18-10-11-21-20(13-18)24-17(2)26(21)19-8-4-3-5-9-19/h3-5,8-11,13,16H,6-7,12,14-15H2,1-2H3/t16-/m0/s1. The van der Waals surface area contributed by atoms with Crippen molar-refractivity contribution >= 4 is 22.9 Å². The van der Waals surface area contributed by atoms with Gasteiger partial charge in [0, 0.05) is 18.8 Å². The van der Waals surface area contributed by atoms with Crippen LogP contribution < -0.4 is 0 Å². The van der Waals surface area contributed by atoms with E-state index in [1.807, 2.05) is 47.9 Å². The summed E-state index contributed by atoms with van der Waals surface area (Å²) in [5, 5.41) is 0. The van der Waals surface area contributed by atoms with Crippen LogP contribution in [-0.2, 0) is 9.53 Å². The van der Waals surface area contributed by atoms with Gasteiger partial charge in [-0.15, -0.1) is 0 Å². The number of nitrogens with zero attached hydrogens (tertiary/aromatic N) is 3. The molecule has 0 bridgehead atoms. The van der Waals surface area contributed by atoms with E-state index in [0.29, 0.717) is 11.5 Å². The molecule has 29 heavy (non-hydrogen) atoms. The van der Waals surface area contributed by atoms with Crippen molar-refractivity contribution in [2.45, 2.75) is 26.7 Å². The van der Waals surface area contributed by atoms with Crippen molar-refractivity contribution < 1.29 is 14.3 Å². The van der Waals surface area contributed by atoms with E-state index in [2.05, 4.69) is 11.9 Å². The highest BCUT2D eigenvalue weighted by Gasteiger charge is 2.22. The number of rotatable bonds is 4. The number of benzene rings is 2. The summed E-state index contributed by atoms with van der Waals surface area (Å²) in [7, 11) is 0. The molecule has 0 aliphatic carbocycles. The number of hydrogen-bond acceptors (Lipinski definition) is 4. The number of aromatic nitrogens is 2. The van der Waals surface area contributed by atoms with Crippen molar-refractivity contribution in [2.24, 2.45) is 5.92 Å². The summed E-state index contributed by atoms with van der Waals surface area (Å²) in [6.45, 7) is 5.32. The Balaban J connectivity index is 1.48. The molecule has 1 aliphatic rings. The van der Waals surface area contributed by atoms with Gasteiger partial charge < -0.3 is 9.64 Å². The quantitative estimate of drug-likeness (QED) is 0.636. The Labute approximate surface area is 170 Å². The number of aryl methyl sites for hydroxylation is 1. The average Bonchev–Trinajstić information content (AvgIpc) is 3.07. The van der Waals surface area contributed by atoms with Gasteiger partial charge in [0.2, 0.25) is 0 Å². The summed E-state index contributed by atoms with van der Waals surface area (Å²) in [6.07, 6.45) is 2.14. The fourth-order valence-electron chi connectivity index (χ4n) is 3.95. The van der Waals surface area contributed by atoms with Gasteiger partial charge in [-0.05, 0) is 56.0 Å². The second-order valence-electron chi connectivity index (χ2n) is 7.70. The molecule has 4 rings (SSSR count). The minimum absolute atomic E-state index is 0.129. The molecule has 1 atom stereocenters. The first-order valence-electron chi connectivity index (χ1n) is 10.0. The van der Waals surface area contributed by atoms with Crippen LogP contribution in [0.4, 0.5) is 0 Å². The van der Waals surface area contributed by atoms with E-state index in [-0.39, 0.29) is 12.5 Å². The summed E-state index contributed by atoms with van der Waals surface area (Å²) in [6, 6.07) is 15.3. The normalized spacial score (nSPS) is 16.8. The third-order valence-electron chi connectivity index (χ3n) is 5.41. The summed E-state index contributed by atoms with van der Waals surface area (Å²) in [5.41, 5.74) is 3.06. The van der Waals surface area contributed by atoms with E-state index in [9.17, 15) is 9.59 Å². The lowest BCUT2D eigenvalue weighted by Gasteiger charge is -2.30. The lowest BCUT2D eigenvalue weighted by atomic mass is 10.0. The SMILES string of the molecule is Cc1nc2cc(C(=O)OCC(=O)N3CCC[C@H](C)C3)ccc2n1-c1ccccc1. The molecule has 1 saturated heterocycles. The summed E-state index contributed by atoms with van der Waals surface area (Å²) in [4.78, 5) is 31.2. The molecular weight excluding hydrogens is 366 g/mol. The van der Waals surface area contributed by atoms with Crippen molar-refractivity contribution in [1.82, 2.24) is 14.5 Å². The molecule has 6 nitrogen and oxygen atoms in total. The molecule has 2 aromatic carbocycles. The van der Waals surface area contributed by atoms with Crippen molar-refractivity contribution in [2.75, 3.05) is 19.7 Å². The third kappa shape index (κ3) is 4.01. The Kier molecular flexibility index (Phi) is 5.34. The fourth-order valence-corrected chi connectivity index (χ4v) is 3.95. The Morgan fingerprint density at radius 2 is 1.97 bits per heavy atom. The lowest BCUT2D eigenvalue weighted by Crippen LogP contribution is -2.41. The number of para-hydroxylation sites is 1. The minimum atomic E-state index is -0.503. The molecule has 0 saturated carbocycles. The van der Waals surface area contributed by atoms with Crippen LogP contribution in [0.25, 0.3) is 16.7 Å². The number of amides is 1. The Morgan fingerprint density at radius 3 is 2.72 bits per heavy atom. The number of imidazole rings is 1. The highest BCUT2D eigenvalue weighted by Crippen LogP contribution is 2.22. The third-order valence-corrected chi connectivity index (χ3v) is 5.41. The Morgan fingerprint density at radius 1 is 1.17 bits per heavy atom. The van der Waals surface area contributed by atoms with Crippen LogP contribution in [0, 0.1) is 12.8 Å². The van der Waals surface area contributed by atoms with Gasteiger partial charge in [-0.1, -0.05) is 25.1 Å². The van der Waals surface area contributed by atoms with Gasteiger partial charge in [-0.3, -0.25) is 9.36 Å². The summed E-state index contributed by atoms with van der Waals surface area (Å²) in [5.74, 6) is 0.701. The van der Waals surface area contributed by atoms with Gasteiger partial charge in [-0.25, -0.2) is 9.78 Å². The van der Waals surface area contributed by atoms with E-state index < -0.39 is 5.97 Å². The first-order chi connectivity index (χ1) is 14.0. The van der Waals surface area contributed by atoms with Gasteiger partial charge in [0.1, 0.15) is 5.82 Å². The molecule has 0 radical (unpaired) electrons. The van der Waals surface area contributed by atoms with Crippen LogP contribution in [-0.4, -0.2) is 46.0 Å². The highest BCUT2D eigenvalue weighted by atomic mass is 16.5. The van der Waals surface area contributed by atoms with Gasteiger partial charge in [0.05, 0.1) is 16.6 Å². The topological polar surface area (TPSA) is 64.4 Å². The van der Waals surface area contributed by atoms with E-state index >= 15 is 0 Å². The van der Waals surface area contributed by atoms with E-state index in [0.717, 1.165) is 48.5 Å². The summed E-state index contributed by atoms with van der Waals surface area (Å²) >= 11 is 0. The zero-order valence-electron chi connectivity index (χ0n) is 16.8. The second-order valence-corrected chi connectivity index (χ2v) is 7.70. The molecule has 1 fully saturated rings. The molecule has 1 aromatic heterocycles. The molecule has 1 amide bonds. The van der Waals surface area contributed by atoms with Crippen LogP contribution in [0.5, 0.6) is 0 Å². The fraction of sp³-hybridized carbons (Fsp3) is 0.348. The monoisotopic (exact) mass is 391 g/mol. The maximum Gasteiger partial charge on any atom is 0.338 e. The predicted molar refractivity (Wildman–Crippen MR) is 111 cm³/mol. The first kappa shape index (κ1) is 19.2. The molecule has 6 heteroatoms. The maximum atomic E-state index is 12.5. The van der Waals surface area contributed by atoms with Gasteiger partial charge in [0.15, 0.2) is 6.61 Å². The van der Waals surface area contributed by atoms with Crippen LogP contribution >= 0.6 is 0 Å². The van der Waals surface area contributed by atoms with Crippen LogP contribution in [0.2, 0.25) is 0 Å². The number of piperidine rings is 1. The number of esters is 1. The number of carbonyl (C=O) groups excluding carboxylic acids is 2. The molecular formula is C23H25N3O3. The van der Waals surface area contributed by atoms with Gasteiger partial charge >= 0.3 is 5.97 Å². The highest BCUT2D eigenvalue weighted by molar-refractivity contribution is 5.95. The van der Waals surface area contributed by atoms with Crippen molar-refractivity contribution in [1.29, 1.82) is 0 Å². The molecule has 0 N–H and O–H groups in total. The number of hydrogen-bond donors (Lipinski definition) is 0. The predicted octanol–water partition coefficient (Wildman–Crippen LogP) is 3.75. The van der Waals surface area contributed by atoms with Crippen molar-refractivity contribution in [3.63, 3.8) is 0 Å². The first-order valence-corrected chi connectivity index (χ1v) is 10.0. The van der Waals surface area contributed by atoms with Crippen LogP contribution in [0.1, 0.15) is 35.9 Å². The van der Waals surface area contributed by atoms with E-state index in [1.165, 1.54) is 0 Å². The van der Waals surface area contributed by atoms with Crippen LogP contribution in [0.3, 0.4) is 0 Å². The molecule has 2 heterocycles. The lowest BCUT2D eigenvalue weighted by molar-refractivity contribution is -0.136. The zero-order valence-corrected chi connectivity index (χ0v) is 16.8. The number of ether oxygens (including phenoxy) is 1. The molecule has 0 unspecified atom stereocenters. The summed E-state index contributed by atoms with van der Waals surface area (Å²) < 4.78 is 7.33. The smallest absolute Gasteiger partial charge is 0.338 e. The van der Waals surface area contributed by atoms with E-state index in [4.69, 9.17) is 4.74 Å². The van der Waals surface area contributed by atoms with Crippen molar-refractivity contribution in [3.8, 4) is 5.69 Å². The maximum absolute atomic E-state index is 12.5. The second kappa shape index (κ2) is 8.07. The molecule has 1 aliphatic heterocycles. The Hall–Kier alpha value is -3.15. The van der Waals surface area contributed by atoms with Crippen LogP contribution in [0.15, 0.2) is 48.5 Å². The zero-order chi connectivity index (χ0) is 20.4. The average molecular weight is 391 g/mol.